The topological polar surface area (TPSA) is 51.2 Å². The normalized spacial score (nSPS) is 22.0. The van der Waals surface area contributed by atoms with E-state index in [0.29, 0.717) is 17.5 Å². The summed E-state index contributed by atoms with van der Waals surface area (Å²) in [6, 6.07) is 7.12. The summed E-state index contributed by atoms with van der Waals surface area (Å²) in [7, 11) is 0. The average Bonchev–Trinajstić information content (AvgIpc) is 3.39. The van der Waals surface area contributed by atoms with E-state index in [0.717, 1.165) is 12.1 Å². The lowest BCUT2D eigenvalue weighted by molar-refractivity contribution is -0.154. The van der Waals surface area contributed by atoms with Crippen LogP contribution in [0, 0.1) is 5.92 Å². The molecule has 0 aliphatic heterocycles. The summed E-state index contributed by atoms with van der Waals surface area (Å²) in [6.45, 7) is 2.07. The molecule has 1 amide bonds. The van der Waals surface area contributed by atoms with E-state index in [9.17, 15) is 31.1 Å². The molecule has 0 radical (unpaired) electrons. The Kier molecular flexibility index (Phi) is 5.94. The SMILES string of the molecule is C[C@@H](NC(=O)C1C[C@]1(C)c1ccc(C(F)(F)F)cc1)c1ccc(OCC(F)(F)F)nc1. The fraction of sp³-hybridized carbons (Fsp3) is 0.429. The van der Waals surface area contributed by atoms with E-state index in [4.69, 9.17) is 0 Å². The lowest BCUT2D eigenvalue weighted by atomic mass is 9.94. The van der Waals surface area contributed by atoms with Crippen molar-refractivity contribution >= 4 is 5.91 Å². The predicted octanol–water partition coefficient (Wildman–Crippen LogP) is 5.20. The molecule has 168 valence electrons. The van der Waals surface area contributed by atoms with Gasteiger partial charge in [-0.1, -0.05) is 25.1 Å². The molecule has 0 saturated heterocycles. The van der Waals surface area contributed by atoms with Crippen LogP contribution >= 0.6 is 0 Å². The predicted molar refractivity (Wildman–Crippen MR) is 99.2 cm³/mol. The third kappa shape index (κ3) is 5.48. The molecule has 0 spiro atoms. The van der Waals surface area contributed by atoms with Crippen LogP contribution in [-0.4, -0.2) is 23.7 Å². The summed E-state index contributed by atoms with van der Waals surface area (Å²) in [5.41, 5.74) is -0.0717. The number of alkyl halides is 6. The van der Waals surface area contributed by atoms with Crippen LogP contribution < -0.4 is 10.1 Å². The highest BCUT2D eigenvalue weighted by Crippen LogP contribution is 2.54. The molecule has 1 aliphatic carbocycles. The summed E-state index contributed by atoms with van der Waals surface area (Å²) >= 11 is 0. The molecule has 10 heteroatoms. The molecule has 1 fully saturated rings. The number of hydrogen-bond donors (Lipinski definition) is 1. The summed E-state index contributed by atoms with van der Waals surface area (Å²) in [5, 5.41) is 2.81. The molecule has 1 aliphatic rings. The van der Waals surface area contributed by atoms with Crippen LogP contribution in [0.25, 0.3) is 0 Å². The van der Waals surface area contributed by atoms with Crippen molar-refractivity contribution in [3.05, 3.63) is 59.3 Å². The number of carbonyl (C=O) groups is 1. The quantitative estimate of drug-likeness (QED) is 0.621. The molecule has 1 saturated carbocycles. The van der Waals surface area contributed by atoms with Gasteiger partial charge in [-0.05, 0) is 36.6 Å². The Labute approximate surface area is 174 Å². The molecule has 31 heavy (non-hydrogen) atoms. The first-order valence-electron chi connectivity index (χ1n) is 9.43. The zero-order chi connectivity index (χ0) is 23.0. The van der Waals surface area contributed by atoms with E-state index in [-0.39, 0.29) is 11.8 Å². The number of ether oxygens (including phenoxy) is 1. The van der Waals surface area contributed by atoms with Gasteiger partial charge in [0.25, 0.3) is 0 Å². The Bertz CT molecular complexity index is 925. The minimum atomic E-state index is -4.47. The van der Waals surface area contributed by atoms with Crippen LogP contribution in [0.5, 0.6) is 5.88 Å². The summed E-state index contributed by atoms with van der Waals surface area (Å²) in [5.74, 6) is -0.835. The largest absolute Gasteiger partial charge is 0.468 e. The zero-order valence-corrected chi connectivity index (χ0v) is 16.6. The Balaban J connectivity index is 1.58. The van der Waals surface area contributed by atoms with Gasteiger partial charge < -0.3 is 10.1 Å². The first kappa shape index (κ1) is 22.9. The van der Waals surface area contributed by atoms with Gasteiger partial charge in [0.1, 0.15) is 0 Å². The van der Waals surface area contributed by atoms with Gasteiger partial charge in [-0.2, -0.15) is 26.3 Å². The number of rotatable bonds is 6. The van der Waals surface area contributed by atoms with Crippen molar-refractivity contribution in [3.8, 4) is 5.88 Å². The standard InChI is InChI=1S/C21H20F6N2O2/c1-12(13-3-8-17(28-10-13)31-11-20(22,23)24)29-18(30)16-9-19(16,2)14-4-6-15(7-5-14)21(25,26)27/h3-8,10,12,16H,9,11H2,1-2H3,(H,29,30)/t12-,16?,19-/m1/s1. The smallest absolute Gasteiger partial charge is 0.422 e. The number of pyridine rings is 1. The lowest BCUT2D eigenvalue weighted by Crippen LogP contribution is -2.30. The number of amides is 1. The number of benzene rings is 1. The Morgan fingerprint density at radius 3 is 2.32 bits per heavy atom. The first-order chi connectivity index (χ1) is 14.3. The van der Waals surface area contributed by atoms with Gasteiger partial charge in [-0.25, -0.2) is 4.98 Å². The van der Waals surface area contributed by atoms with Crippen molar-refractivity contribution in [2.45, 2.75) is 44.1 Å². The van der Waals surface area contributed by atoms with Crippen molar-refractivity contribution < 1.29 is 35.9 Å². The molecular weight excluding hydrogens is 426 g/mol. The maximum absolute atomic E-state index is 12.7. The van der Waals surface area contributed by atoms with Crippen molar-refractivity contribution in [1.29, 1.82) is 0 Å². The molecule has 2 aromatic rings. The Morgan fingerprint density at radius 1 is 1.16 bits per heavy atom. The second-order valence-corrected chi connectivity index (χ2v) is 7.81. The minimum absolute atomic E-state index is 0.184. The first-order valence-corrected chi connectivity index (χ1v) is 9.43. The van der Waals surface area contributed by atoms with E-state index < -0.39 is 41.9 Å². The van der Waals surface area contributed by atoms with Gasteiger partial charge >= 0.3 is 12.4 Å². The van der Waals surface area contributed by atoms with E-state index in [2.05, 4.69) is 15.0 Å². The molecule has 3 atom stereocenters. The fourth-order valence-electron chi connectivity index (χ4n) is 3.39. The second kappa shape index (κ2) is 8.05. The van der Waals surface area contributed by atoms with Crippen LogP contribution in [0.2, 0.25) is 0 Å². The minimum Gasteiger partial charge on any atom is -0.468 e. The molecular formula is C21H20F6N2O2. The number of hydrogen-bond acceptors (Lipinski definition) is 3. The van der Waals surface area contributed by atoms with Crippen LogP contribution in [-0.2, 0) is 16.4 Å². The van der Waals surface area contributed by atoms with Crippen molar-refractivity contribution in [1.82, 2.24) is 10.3 Å². The third-order valence-electron chi connectivity index (χ3n) is 5.43. The van der Waals surface area contributed by atoms with Gasteiger partial charge in [0.15, 0.2) is 6.61 Å². The monoisotopic (exact) mass is 446 g/mol. The molecule has 1 N–H and O–H groups in total. The summed E-state index contributed by atoms with van der Waals surface area (Å²) in [4.78, 5) is 16.4. The fourth-order valence-corrected chi connectivity index (χ4v) is 3.39. The van der Waals surface area contributed by atoms with E-state index >= 15 is 0 Å². The van der Waals surface area contributed by atoms with E-state index in [1.54, 1.807) is 6.92 Å². The number of aromatic nitrogens is 1. The molecule has 1 aromatic heterocycles. The summed E-state index contributed by atoms with van der Waals surface area (Å²) < 4.78 is 79.3. The molecule has 0 bridgehead atoms. The van der Waals surface area contributed by atoms with Gasteiger partial charge in [0, 0.05) is 23.6 Å². The highest BCUT2D eigenvalue weighted by Gasteiger charge is 2.55. The van der Waals surface area contributed by atoms with Crippen LogP contribution in [0.4, 0.5) is 26.3 Å². The Hall–Kier alpha value is -2.78. The van der Waals surface area contributed by atoms with Crippen LogP contribution in [0.1, 0.15) is 43.0 Å². The third-order valence-corrected chi connectivity index (χ3v) is 5.43. The van der Waals surface area contributed by atoms with Crippen LogP contribution in [0.15, 0.2) is 42.6 Å². The van der Waals surface area contributed by atoms with Gasteiger partial charge in [-0.15, -0.1) is 0 Å². The lowest BCUT2D eigenvalue weighted by Gasteiger charge is -2.17. The molecule has 1 aromatic carbocycles. The van der Waals surface area contributed by atoms with Gasteiger partial charge in [-0.3, -0.25) is 4.79 Å². The summed E-state index contributed by atoms with van der Waals surface area (Å²) in [6.07, 6.45) is -7.07. The number of nitrogens with zero attached hydrogens (tertiary/aromatic N) is 1. The molecule has 3 rings (SSSR count). The van der Waals surface area contributed by atoms with E-state index in [1.807, 2.05) is 6.92 Å². The second-order valence-electron chi connectivity index (χ2n) is 7.81. The number of halogens is 6. The molecule has 4 nitrogen and oxygen atoms in total. The zero-order valence-electron chi connectivity index (χ0n) is 16.6. The van der Waals surface area contributed by atoms with Crippen LogP contribution in [0.3, 0.4) is 0 Å². The molecule has 1 unspecified atom stereocenters. The molecule has 1 heterocycles. The number of nitrogens with one attached hydrogen (secondary N) is 1. The van der Waals surface area contributed by atoms with Crippen molar-refractivity contribution in [2.75, 3.05) is 6.61 Å². The number of carbonyl (C=O) groups excluding carboxylic acids is 1. The highest BCUT2D eigenvalue weighted by molar-refractivity contribution is 5.84. The van der Waals surface area contributed by atoms with E-state index in [1.165, 1.54) is 30.5 Å². The van der Waals surface area contributed by atoms with Crippen molar-refractivity contribution in [3.63, 3.8) is 0 Å². The maximum Gasteiger partial charge on any atom is 0.422 e. The van der Waals surface area contributed by atoms with Crippen molar-refractivity contribution in [2.24, 2.45) is 5.92 Å². The Morgan fingerprint density at radius 2 is 1.81 bits per heavy atom. The maximum atomic E-state index is 12.7. The van der Waals surface area contributed by atoms with Gasteiger partial charge in [0.05, 0.1) is 11.6 Å². The van der Waals surface area contributed by atoms with Gasteiger partial charge in [0.2, 0.25) is 11.8 Å². The highest BCUT2D eigenvalue weighted by atomic mass is 19.4. The average molecular weight is 446 g/mol.